The molecule has 4 nitrogen and oxygen atoms in total. The Labute approximate surface area is 94.6 Å². The number of fused-ring (bicyclic) bond motifs is 1. The van der Waals surface area contributed by atoms with Crippen molar-refractivity contribution in [3.05, 3.63) is 41.8 Å². The molecule has 1 heterocycles. The largest absolute Gasteiger partial charge is 0.316 e. The standard InChI is InChI=1S/C8H4Br2N2O2/c9-3-1-5-6(2-4(3)10)12-8(14)7(13)11-5/h1-2H,(H,11,13)(H,12,14). The lowest BCUT2D eigenvalue weighted by Crippen LogP contribution is -2.28. The summed E-state index contributed by atoms with van der Waals surface area (Å²) in [5.74, 6) is 0. The van der Waals surface area contributed by atoms with Crippen molar-refractivity contribution in [1.29, 1.82) is 0 Å². The van der Waals surface area contributed by atoms with Gasteiger partial charge in [0.1, 0.15) is 0 Å². The SMILES string of the molecule is O=c1[nH]c2cc(Br)c(Br)cc2[nH]c1=O. The van der Waals surface area contributed by atoms with Gasteiger partial charge in [-0.1, -0.05) is 0 Å². The molecule has 0 saturated carbocycles. The van der Waals surface area contributed by atoms with Crippen LogP contribution in [0.3, 0.4) is 0 Å². The van der Waals surface area contributed by atoms with Crippen LogP contribution in [0.15, 0.2) is 30.7 Å². The van der Waals surface area contributed by atoms with E-state index in [1.165, 1.54) is 0 Å². The van der Waals surface area contributed by atoms with Gasteiger partial charge in [-0.15, -0.1) is 0 Å². The van der Waals surface area contributed by atoms with E-state index in [0.29, 0.717) is 11.0 Å². The van der Waals surface area contributed by atoms with E-state index < -0.39 is 11.1 Å². The van der Waals surface area contributed by atoms with Crippen molar-refractivity contribution < 1.29 is 0 Å². The van der Waals surface area contributed by atoms with Crippen LogP contribution in [0, 0.1) is 0 Å². The molecule has 1 aromatic heterocycles. The lowest BCUT2D eigenvalue weighted by molar-refractivity contribution is 1.14. The van der Waals surface area contributed by atoms with E-state index in [4.69, 9.17) is 0 Å². The number of nitrogens with one attached hydrogen (secondary N) is 2. The first-order chi connectivity index (χ1) is 6.58. The fourth-order valence-electron chi connectivity index (χ4n) is 1.11. The molecule has 0 bridgehead atoms. The first-order valence-electron chi connectivity index (χ1n) is 3.69. The molecule has 72 valence electrons. The molecule has 0 radical (unpaired) electrons. The van der Waals surface area contributed by atoms with Crippen molar-refractivity contribution in [3.63, 3.8) is 0 Å². The van der Waals surface area contributed by atoms with Gasteiger partial charge < -0.3 is 9.97 Å². The second kappa shape index (κ2) is 3.36. The van der Waals surface area contributed by atoms with Gasteiger partial charge in [0, 0.05) is 8.95 Å². The molecule has 2 N–H and O–H groups in total. The van der Waals surface area contributed by atoms with Gasteiger partial charge >= 0.3 is 11.1 Å². The van der Waals surface area contributed by atoms with Gasteiger partial charge in [0.25, 0.3) is 0 Å². The summed E-state index contributed by atoms with van der Waals surface area (Å²) in [6, 6.07) is 3.44. The Balaban J connectivity index is 2.97. The fourth-order valence-corrected chi connectivity index (χ4v) is 1.80. The highest BCUT2D eigenvalue weighted by atomic mass is 79.9. The zero-order valence-electron chi connectivity index (χ0n) is 6.73. The second-order valence-electron chi connectivity index (χ2n) is 2.72. The van der Waals surface area contributed by atoms with E-state index in [1.54, 1.807) is 12.1 Å². The predicted octanol–water partition coefficient (Wildman–Crippen LogP) is 1.74. The topological polar surface area (TPSA) is 65.7 Å². The Morgan fingerprint density at radius 1 is 0.857 bits per heavy atom. The zero-order chi connectivity index (χ0) is 10.3. The molecule has 0 aliphatic heterocycles. The minimum absolute atomic E-state index is 0.588. The maximum absolute atomic E-state index is 11.0. The van der Waals surface area contributed by atoms with Crippen molar-refractivity contribution in [1.82, 2.24) is 9.97 Å². The maximum atomic E-state index is 11.0. The minimum Gasteiger partial charge on any atom is -0.316 e. The molecule has 0 unspecified atom stereocenters. The predicted molar refractivity (Wildman–Crippen MR) is 60.6 cm³/mol. The van der Waals surface area contributed by atoms with Gasteiger partial charge in [-0.05, 0) is 44.0 Å². The molecule has 2 rings (SSSR count). The van der Waals surface area contributed by atoms with E-state index in [0.717, 1.165) is 8.95 Å². The molecule has 0 aliphatic carbocycles. The summed E-state index contributed by atoms with van der Waals surface area (Å²) >= 11 is 6.60. The highest BCUT2D eigenvalue weighted by Gasteiger charge is 2.02. The molecule has 6 heteroatoms. The average molecular weight is 320 g/mol. The summed E-state index contributed by atoms with van der Waals surface area (Å²) in [5.41, 5.74) is -0.118. The van der Waals surface area contributed by atoms with Crippen LogP contribution in [0.2, 0.25) is 0 Å². The molecule has 1 aromatic carbocycles. The van der Waals surface area contributed by atoms with Crippen LogP contribution < -0.4 is 11.1 Å². The molecule has 0 saturated heterocycles. The Morgan fingerprint density at radius 3 is 1.57 bits per heavy atom. The zero-order valence-corrected chi connectivity index (χ0v) is 9.90. The van der Waals surface area contributed by atoms with Gasteiger partial charge in [-0.3, -0.25) is 9.59 Å². The summed E-state index contributed by atoms with van der Waals surface area (Å²) in [6.07, 6.45) is 0. The van der Waals surface area contributed by atoms with Crippen LogP contribution in [0.1, 0.15) is 0 Å². The van der Waals surface area contributed by atoms with Crippen molar-refractivity contribution >= 4 is 42.9 Å². The van der Waals surface area contributed by atoms with Crippen LogP contribution in [-0.2, 0) is 0 Å². The number of rotatable bonds is 0. The molecule has 0 aliphatic rings. The average Bonchev–Trinajstić information content (AvgIpc) is 2.11. The van der Waals surface area contributed by atoms with Gasteiger partial charge in [0.2, 0.25) is 0 Å². The van der Waals surface area contributed by atoms with E-state index in [1.807, 2.05) is 0 Å². The van der Waals surface area contributed by atoms with Crippen molar-refractivity contribution in [2.75, 3.05) is 0 Å². The number of hydrogen-bond donors (Lipinski definition) is 2. The number of H-pyrrole nitrogens is 2. The van der Waals surface area contributed by atoms with Gasteiger partial charge in [-0.2, -0.15) is 0 Å². The normalized spacial score (nSPS) is 10.7. The van der Waals surface area contributed by atoms with E-state index >= 15 is 0 Å². The number of aromatic nitrogens is 2. The summed E-state index contributed by atoms with van der Waals surface area (Å²) in [7, 11) is 0. The Bertz CT molecular complexity index is 560. The highest BCUT2D eigenvalue weighted by molar-refractivity contribution is 9.13. The van der Waals surface area contributed by atoms with Gasteiger partial charge in [-0.25, -0.2) is 0 Å². The molecular formula is C8H4Br2N2O2. The Morgan fingerprint density at radius 2 is 1.21 bits per heavy atom. The maximum Gasteiger partial charge on any atom is 0.314 e. The lowest BCUT2D eigenvalue weighted by atomic mass is 10.3. The summed E-state index contributed by atoms with van der Waals surface area (Å²) in [5, 5.41) is 0. The van der Waals surface area contributed by atoms with Crippen molar-refractivity contribution in [2.45, 2.75) is 0 Å². The number of halogens is 2. The van der Waals surface area contributed by atoms with Crippen LogP contribution in [0.25, 0.3) is 11.0 Å². The summed E-state index contributed by atoms with van der Waals surface area (Å²) in [4.78, 5) is 27.0. The molecule has 14 heavy (non-hydrogen) atoms. The van der Waals surface area contributed by atoms with Gasteiger partial charge in [0.05, 0.1) is 11.0 Å². The van der Waals surface area contributed by atoms with Crippen molar-refractivity contribution in [3.8, 4) is 0 Å². The molecular weight excluding hydrogens is 316 g/mol. The van der Waals surface area contributed by atoms with Crippen LogP contribution in [-0.4, -0.2) is 9.97 Å². The van der Waals surface area contributed by atoms with Crippen molar-refractivity contribution in [2.24, 2.45) is 0 Å². The number of hydrogen-bond acceptors (Lipinski definition) is 2. The lowest BCUT2D eigenvalue weighted by Gasteiger charge is -1.99. The number of benzene rings is 1. The van der Waals surface area contributed by atoms with Crippen LogP contribution >= 0.6 is 31.9 Å². The molecule has 0 atom stereocenters. The molecule has 0 fully saturated rings. The summed E-state index contributed by atoms with van der Waals surface area (Å²) < 4.78 is 1.63. The first-order valence-corrected chi connectivity index (χ1v) is 5.28. The van der Waals surface area contributed by atoms with E-state index in [9.17, 15) is 9.59 Å². The van der Waals surface area contributed by atoms with E-state index in [2.05, 4.69) is 41.8 Å². The summed E-state index contributed by atoms with van der Waals surface area (Å²) in [6.45, 7) is 0. The van der Waals surface area contributed by atoms with Crippen LogP contribution in [0.5, 0.6) is 0 Å². The van der Waals surface area contributed by atoms with Gasteiger partial charge in [0.15, 0.2) is 0 Å². The quantitative estimate of drug-likeness (QED) is 0.726. The monoisotopic (exact) mass is 318 g/mol. The third-order valence-corrected chi connectivity index (χ3v) is 3.61. The molecule has 2 aromatic rings. The highest BCUT2D eigenvalue weighted by Crippen LogP contribution is 2.25. The second-order valence-corrected chi connectivity index (χ2v) is 4.43. The minimum atomic E-state index is -0.647. The number of aromatic amines is 2. The first kappa shape index (κ1) is 9.67. The van der Waals surface area contributed by atoms with E-state index in [-0.39, 0.29) is 0 Å². The molecule has 0 amide bonds. The third kappa shape index (κ3) is 1.55. The Kier molecular flexibility index (Phi) is 2.32. The smallest absolute Gasteiger partial charge is 0.314 e. The molecule has 0 spiro atoms. The Hall–Kier alpha value is -0.880. The van der Waals surface area contributed by atoms with Crippen LogP contribution in [0.4, 0.5) is 0 Å². The fraction of sp³-hybridized carbons (Fsp3) is 0. The third-order valence-electron chi connectivity index (χ3n) is 1.76.